The molecular weight excluding hydrogens is 280 g/mol. The van der Waals surface area contributed by atoms with E-state index in [1.807, 2.05) is 18.5 Å². The first-order valence-corrected chi connectivity index (χ1v) is 8.45. The van der Waals surface area contributed by atoms with Crippen molar-refractivity contribution in [2.75, 3.05) is 0 Å². The Labute approximate surface area is 139 Å². The van der Waals surface area contributed by atoms with Gasteiger partial charge in [0, 0.05) is 35.5 Å². The highest BCUT2D eigenvalue weighted by molar-refractivity contribution is 5.86. The molecule has 0 saturated carbocycles. The lowest BCUT2D eigenvalue weighted by Crippen LogP contribution is -2.13. The molecule has 0 radical (unpaired) electrons. The molecule has 3 aromatic rings. The van der Waals surface area contributed by atoms with E-state index in [-0.39, 0.29) is 5.41 Å². The van der Waals surface area contributed by atoms with Crippen molar-refractivity contribution in [3.63, 3.8) is 0 Å². The van der Waals surface area contributed by atoms with Gasteiger partial charge in [-0.25, -0.2) is 0 Å². The van der Waals surface area contributed by atoms with Crippen LogP contribution in [0.2, 0.25) is 0 Å². The molecule has 0 aliphatic carbocycles. The summed E-state index contributed by atoms with van der Waals surface area (Å²) in [5.41, 5.74) is 5.73. The Morgan fingerprint density at radius 1 is 1.04 bits per heavy atom. The highest BCUT2D eigenvalue weighted by Crippen LogP contribution is 2.35. The largest absolute Gasteiger partial charge is 0.345 e. The lowest BCUT2D eigenvalue weighted by molar-refractivity contribution is 0.576. The second-order valence-electron chi connectivity index (χ2n) is 7.34. The Morgan fingerprint density at radius 3 is 2.52 bits per heavy atom. The van der Waals surface area contributed by atoms with Gasteiger partial charge in [-0.15, -0.1) is 0 Å². The summed E-state index contributed by atoms with van der Waals surface area (Å²) in [5, 5.41) is 1.40. The van der Waals surface area contributed by atoms with Gasteiger partial charge in [-0.1, -0.05) is 45.0 Å². The summed E-state index contributed by atoms with van der Waals surface area (Å²) >= 11 is 0. The molecule has 0 N–H and O–H groups in total. The minimum absolute atomic E-state index is 0.165. The molecule has 2 aromatic heterocycles. The van der Waals surface area contributed by atoms with Crippen LogP contribution in [0.25, 0.3) is 10.9 Å². The number of hydrogen-bond donors (Lipinski definition) is 0. The predicted octanol–water partition coefficient (Wildman–Crippen LogP) is 5.28. The molecule has 0 aliphatic heterocycles. The van der Waals surface area contributed by atoms with E-state index < -0.39 is 0 Å². The summed E-state index contributed by atoms with van der Waals surface area (Å²) in [4.78, 5) is 4.21. The Hall–Kier alpha value is -2.09. The Kier molecular flexibility index (Phi) is 4.25. The highest BCUT2D eigenvalue weighted by Gasteiger charge is 2.23. The monoisotopic (exact) mass is 306 g/mol. The number of nitrogens with zero attached hydrogens (tertiary/aromatic N) is 2. The fourth-order valence-corrected chi connectivity index (χ4v) is 3.65. The number of fused-ring (bicyclic) bond motifs is 1. The van der Waals surface area contributed by atoms with Crippen LogP contribution in [0.15, 0.2) is 48.8 Å². The fraction of sp³-hybridized carbons (Fsp3) is 0.381. The van der Waals surface area contributed by atoms with Crippen LogP contribution in [-0.2, 0) is 18.4 Å². The zero-order valence-corrected chi connectivity index (χ0v) is 14.6. The summed E-state index contributed by atoms with van der Waals surface area (Å²) < 4.78 is 2.49. The second-order valence-corrected chi connectivity index (χ2v) is 7.34. The van der Waals surface area contributed by atoms with Gasteiger partial charge in [0.1, 0.15) is 0 Å². The zero-order chi connectivity index (χ0) is 16.4. The summed E-state index contributed by atoms with van der Waals surface area (Å²) in [6.07, 6.45) is 6.02. The van der Waals surface area contributed by atoms with Gasteiger partial charge in [0.05, 0.1) is 0 Å². The molecule has 0 atom stereocenters. The SMILES string of the molecule is Cc1c(C(C)(C)C)c2ccccc2n1CCCc1cccnc1. The number of aryl methyl sites for hydroxylation is 2. The van der Waals surface area contributed by atoms with Crippen LogP contribution < -0.4 is 0 Å². The normalized spacial score (nSPS) is 12.0. The third kappa shape index (κ3) is 3.17. The highest BCUT2D eigenvalue weighted by atomic mass is 15.0. The van der Waals surface area contributed by atoms with Crippen LogP contribution in [0.5, 0.6) is 0 Å². The van der Waals surface area contributed by atoms with Crippen molar-refractivity contribution in [1.82, 2.24) is 9.55 Å². The maximum atomic E-state index is 4.21. The molecular formula is C21H26N2. The molecule has 23 heavy (non-hydrogen) atoms. The number of para-hydroxylation sites is 1. The number of pyridine rings is 1. The zero-order valence-electron chi connectivity index (χ0n) is 14.6. The van der Waals surface area contributed by atoms with Gasteiger partial charge in [-0.05, 0) is 48.4 Å². The molecule has 2 heterocycles. The molecule has 0 unspecified atom stereocenters. The molecule has 2 heteroatoms. The van der Waals surface area contributed by atoms with Crippen LogP contribution in [0.1, 0.15) is 44.0 Å². The third-order valence-electron chi connectivity index (χ3n) is 4.55. The lowest BCUT2D eigenvalue weighted by Gasteiger charge is -2.20. The van der Waals surface area contributed by atoms with Crippen LogP contribution in [0.3, 0.4) is 0 Å². The average molecular weight is 306 g/mol. The van der Waals surface area contributed by atoms with E-state index >= 15 is 0 Å². The summed E-state index contributed by atoms with van der Waals surface area (Å²) in [7, 11) is 0. The fourth-order valence-electron chi connectivity index (χ4n) is 3.65. The Morgan fingerprint density at radius 2 is 1.83 bits per heavy atom. The van der Waals surface area contributed by atoms with E-state index in [1.54, 1.807) is 0 Å². The van der Waals surface area contributed by atoms with Crippen molar-refractivity contribution >= 4 is 10.9 Å². The number of benzene rings is 1. The minimum atomic E-state index is 0.165. The Bertz CT molecular complexity index is 792. The smallest absolute Gasteiger partial charge is 0.0485 e. The van der Waals surface area contributed by atoms with Crippen LogP contribution in [-0.4, -0.2) is 9.55 Å². The summed E-state index contributed by atoms with van der Waals surface area (Å²) in [5.74, 6) is 0. The molecule has 0 aliphatic rings. The molecule has 120 valence electrons. The van der Waals surface area contributed by atoms with Crippen molar-refractivity contribution in [3.8, 4) is 0 Å². The van der Waals surface area contributed by atoms with Crippen molar-refractivity contribution in [3.05, 3.63) is 65.6 Å². The second kappa shape index (κ2) is 6.19. The molecule has 3 rings (SSSR count). The van der Waals surface area contributed by atoms with Gasteiger partial charge in [0.25, 0.3) is 0 Å². The predicted molar refractivity (Wildman–Crippen MR) is 97.9 cm³/mol. The third-order valence-corrected chi connectivity index (χ3v) is 4.55. The van der Waals surface area contributed by atoms with E-state index in [9.17, 15) is 0 Å². The van der Waals surface area contributed by atoms with Crippen LogP contribution in [0.4, 0.5) is 0 Å². The van der Waals surface area contributed by atoms with Crippen molar-refractivity contribution in [1.29, 1.82) is 0 Å². The first-order chi connectivity index (χ1) is 11.0. The van der Waals surface area contributed by atoms with E-state index in [0.29, 0.717) is 0 Å². The summed E-state index contributed by atoms with van der Waals surface area (Å²) in [6, 6.07) is 13.0. The van der Waals surface area contributed by atoms with E-state index in [2.05, 4.69) is 67.6 Å². The van der Waals surface area contributed by atoms with Gasteiger partial charge in [0.2, 0.25) is 0 Å². The molecule has 0 fully saturated rings. The molecule has 0 spiro atoms. The van der Waals surface area contributed by atoms with Crippen molar-refractivity contribution < 1.29 is 0 Å². The van der Waals surface area contributed by atoms with Crippen molar-refractivity contribution in [2.45, 2.75) is 52.5 Å². The maximum absolute atomic E-state index is 4.21. The van der Waals surface area contributed by atoms with Gasteiger partial charge < -0.3 is 4.57 Å². The van der Waals surface area contributed by atoms with Crippen molar-refractivity contribution in [2.24, 2.45) is 0 Å². The van der Waals surface area contributed by atoms with E-state index in [4.69, 9.17) is 0 Å². The number of rotatable bonds is 4. The average Bonchev–Trinajstić information content (AvgIpc) is 2.80. The minimum Gasteiger partial charge on any atom is -0.345 e. The molecule has 0 saturated heterocycles. The van der Waals surface area contributed by atoms with Gasteiger partial charge in [-0.2, -0.15) is 0 Å². The van der Waals surface area contributed by atoms with Gasteiger partial charge in [-0.3, -0.25) is 4.98 Å². The lowest BCUT2D eigenvalue weighted by atomic mass is 9.85. The maximum Gasteiger partial charge on any atom is 0.0485 e. The molecule has 1 aromatic carbocycles. The molecule has 0 amide bonds. The quantitative estimate of drug-likeness (QED) is 0.641. The van der Waals surface area contributed by atoms with E-state index in [0.717, 1.165) is 19.4 Å². The molecule has 0 bridgehead atoms. The van der Waals surface area contributed by atoms with Crippen LogP contribution in [0, 0.1) is 6.92 Å². The van der Waals surface area contributed by atoms with Gasteiger partial charge in [0.15, 0.2) is 0 Å². The topological polar surface area (TPSA) is 17.8 Å². The molecule has 2 nitrogen and oxygen atoms in total. The first-order valence-electron chi connectivity index (χ1n) is 8.45. The number of hydrogen-bond acceptors (Lipinski definition) is 1. The van der Waals surface area contributed by atoms with Gasteiger partial charge >= 0.3 is 0 Å². The number of aromatic nitrogens is 2. The van der Waals surface area contributed by atoms with E-state index in [1.165, 1.54) is 27.7 Å². The first kappa shape index (κ1) is 15.8. The van der Waals surface area contributed by atoms with Crippen LogP contribution >= 0.6 is 0 Å². The summed E-state index contributed by atoms with van der Waals surface area (Å²) in [6.45, 7) is 10.2. The Balaban J connectivity index is 1.90. The standard InChI is InChI=1S/C21H26N2/c1-16-20(21(2,3)4)18-11-5-6-12-19(18)23(16)14-8-10-17-9-7-13-22-15-17/h5-7,9,11-13,15H,8,10,14H2,1-4H3.